The van der Waals surface area contributed by atoms with Crippen molar-refractivity contribution in [1.82, 2.24) is 0 Å². The lowest BCUT2D eigenvalue weighted by molar-refractivity contribution is -0.280. The molecule has 1 unspecified atom stereocenters. The molecule has 0 radical (unpaired) electrons. The van der Waals surface area contributed by atoms with Crippen molar-refractivity contribution in [3.05, 3.63) is 0 Å². The first-order chi connectivity index (χ1) is 7.26. The lowest BCUT2D eigenvalue weighted by Crippen LogP contribution is -2.60. The van der Waals surface area contributed by atoms with E-state index >= 15 is 0 Å². The molecular formula is C9H20O6Si. The molecule has 0 bridgehead atoms. The molecule has 7 heteroatoms. The van der Waals surface area contributed by atoms with Crippen molar-refractivity contribution in [3.8, 4) is 0 Å². The van der Waals surface area contributed by atoms with Gasteiger partial charge in [0.05, 0.1) is 6.61 Å². The summed E-state index contributed by atoms with van der Waals surface area (Å²) in [5.41, 5.74) is 0. The average Bonchev–Trinajstić information content (AvgIpc) is 2.17. The van der Waals surface area contributed by atoms with E-state index in [9.17, 15) is 15.3 Å². The highest BCUT2D eigenvalue weighted by Crippen LogP contribution is 2.24. The van der Waals surface area contributed by atoms with Crippen LogP contribution in [0.25, 0.3) is 0 Å². The van der Waals surface area contributed by atoms with Crippen LogP contribution in [-0.4, -0.2) is 66.1 Å². The first-order valence-corrected chi connectivity index (χ1v) is 8.65. The zero-order valence-electron chi connectivity index (χ0n) is 9.70. The highest BCUT2D eigenvalue weighted by Gasteiger charge is 2.45. The summed E-state index contributed by atoms with van der Waals surface area (Å²) in [6.45, 7) is 5.30. The predicted molar refractivity (Wildman–Crippen MR) is 58.2 cm³/mol. The summed E-state index contributed by atoms with van der Waals surface area (Å²) in [5.74, 6) is 0. The van der Waals surface area contributed by atoms with E-state index in [2.05, 4.69) is 0 Å². The Labute approximate surface area is 95.6 Å². The second kappa shape index (κ2) is 5.09. The van der Waals surface area contributed by atoms with E-state index in [-0.39, 0.29) is 0 Å². The fourth-order valence-electron chi connectivity index (χ4n) is 1.51. The van der Waals surface area contributed by atoms with Crippen LogP contribution in [0.3, 0.4) is 0 Å². The van der Waals surface area contributed by atoms with Gasteiger partial charge in [0.2, 0.25) is 0 Å². The van der Waals surface area contributed by atoms with Gasteiger partial charge in [-0.3, -0.25) is 0 Å². The number of aliphatic hydroxyl groups excluding tert-OH is 4. The number of ether oxygens (including phenoxy) is 1. The molecule has 1 saturated heterocycles. The molecule has 1 fully saturated rings. The third-order valence-electron chi connectivity index (χ3n) is 2.32. The second-order valence-electron chi connectivity index (χ2n) is 4.93. The predicted octanol–water partition coefficient (Wildman–Crippen LogP) is -1.36. The van der Waals surface area contributed by atoms with Gasteiger partial charge in [0.25, 0.3) is 0 Å². The Morgan fingerprint density at radius 3 is 2.06 bits per heavy atom. The molecule has 0 aliphatic carbocycles. The van der Waals surface area contributed by atoms with Gasteiger partial charge in [-0.2, -0.15) is 0 Å². The summed E-state index contributed by atoms with van der Waals surface area (Å²) in [5, 5.41) is 37.7. The topological polar surface area (TPSA) is 99.4 Å². The van der Waals surface area contributed by atoms with Crippen molar-refractivity contribution in [1.29, 1.82) is 0 Å². The molecule has 4 N–H and O–H groups in total. The van der Waals surface area contributed by atoms with Crippen molar-refractivity contribution in [3.63, 3.8) is 0 Å². The van der Waals surface area contributed by atoms with E-state index in [1.807, 2.05) is 19.6 Å². The molecule has 0 amide bonds. The Balaban J connectivity index is 2.71. The van der Waals surface area contributed by atoms with Crippen LogP contribution in [-0.2, 0) is 9.16 Å². The van der Waals surface area contributed by atoms with Gasteiger partial charge in [0.15, 0.2) is 14.6 Å². The number of rotatable bonds is 3. The van der Waals surface area contributed by atoms with E-state index in [0.717, 1.165) is 0 Å². The first kappa shape index (κ1) is 14.0. The summed E-state index contributed by atoms with van der Waals surface area (Å²) in [4.78, 5) is 0. The van der Waals surface area contributed by atoms with Crippen molar-refractivity contribution in [2.24, 2.45) is 0 Å². The lowest BCUT2D eigenvalue weighted by atomic mass is 10.00. The maximum Gasteiger partial charge on any atom is 0.187 e. The molecule has 0 spiro atoms. The molecule has 1 rings (SSSR count). The summed E-state index contributed by atoms with van der Waals surface area (Å²) in [6.07, 6.45) is -5.90. The SMILES string of the molecule is C[Si](C)(C)OC1O[C@H](CO)[C@@H](O)[C@H](O)[C@@H]1O. The Morgan fingerprint density at radius 2 is 1.62 bits per heavy atom. The highest BCUT2D eigenvalue weighted by molar-refractivity contribution is 6.69. The van der Waals surface area contributed by atoms with E-state index in [4.69, 9.17) is 14.3 Å². The van der Waals surface area contributed by atoms with Crippen LogP contribution >= 0.6 is 0 Å². The van der Waals surface area contributed by atoms with Crippen molar-refractivity contribution < 1.29 is 29.6 Å². The van der Waals surface area contributed by atoms with Gasteiger partial charge in [-0.1, -0.05) is 0 Å². The third kappa shape index (κ3) is 3.23. The van der Waals surface area contributed by atoms with E-state index in [1.165, 1.54) is 0 Å². The zero-order valence-corrected chi connectivity index (χ0v) is 10.7. The summed E-state index contributed by atoms with van der Waals surface area (Å²) >= 11 is 0. The highest BCUT2D eigenvalue weighted by atomic mass is 28.4. The van der Waals surface area contributed by atoms with E-state index in [0.29, 0.717) is 0 Å². The maximum atomic E-state index is 9.67. The van der Waals surface area contributed by atoms with Gasteiger partial charge in [-0.15, -0.1) is 0 Å². The van der Waals surface area contributed by atoms with Crippen LogP contribution < -0.4 is 0 Å². The number of hydrogen-bond acceptors (Lipinski definition) is 6. The monoisotopic (exact) mass is 252 g/mol. The van der Waals surface area contributed by atoms with Crippen LogP contribution in [0.1, 0.15) is 0 Å². The molecule has 96 valence electrons. The molecule has 6 nitrogen and oxygen atoms in total. The third-order valence-corrected chi connectivity index (χ3v) is 3.26. The van der Waals surface area contributed by atoms with Gasteiger partial charge in [0.1, 0.15) is 24.4 Å². The molecule has 0 aromatic heterocycles. The molecule has 1 heterocycles. The molecule has 0 saturated carbocycles. The zero-order chi connectivity index (χ0) is 12.5. The molecular weight excluding hydrogens is 232 g/mol. The first-order valence-electron chi connectivity index (χ1n) is 5.24. The fraction of sp³-hybridized carbons (Fsp3) is 1.00. The average molecular weight is 252 g/mol. The van der Waals surface area contributed by atoms with Crippen LogP contribution in [0.2, 0.25) is 19.6 Å². The molecule has 1 aliphatic heterocycles. The van der Waals surface area contributed by atoms with Crippen LogP contribution in [0.5, 0.6) is 0 Å². The van der Waals surface area contributed by atoms with Gasteiger partial charge in [-0.25, -0.2) is 0 Å². The Kier molecular flexibility index (Phi) is 4.47. The van der Waals surface area contributed by atoms with Gasteiger partial charge in [-0.05, 0) is 19.6 Å². The Morgan fingerprint density at radius 1 is 1.06 bits per heavy atom. The van der Waals surface area contributed by atoms with Gasteiger partial charge in [0, 0.05) is 0 Å². The molecule has 16 heavy (non-hydrogen) atoms. The fourth-order valence-corrected chi connectivity index (χ4v) is 2.41. The second-order valence-corrected chi connectivity index (χ2v) is 9.39. The molecule has 1 aliphatic rings. The Hall–Kier alpha value is -0.0231. The van der Waals surface area contributed by atoms with E-state index < -0.39 is 45.6 Å². The number of aliphatic hydroxyl groups is 4. The standard InChI is InChI=1S/C9H20O6Si/c1-16(2,3)15-9-8(13)7(12)6(11)5(4-10)14-9/h5-13H,4H2,1-3H3/t5-,6-,7+,8+,9?/m1/s1. The normalized spacial score (nSPS) is 41.1. The van der Waals surface area contributed by atoms with E-state index in [1.54, 1.807) is 0 Å². The van der Waals surface area contributed by atoms with Gasteiger partial charge >= 0.3 is 0 Å². The quantitative estimate of drug-likeness (QED) is 0.463. The van der Waals surface area contributed by atoms with Gasteiger partial charge < -0.3 is 29.6 Å². The number of hydrogen-bond donors (Lipinski definition) is 4. The Bertz CT molecular complexity index is 229. The minimum Gasteiger partial charge on any atom is -0.394 e. The summed E-state index contributed by atoms with van der Waals surface area (Å²) < 4.78 is 10.7. The van der Waals surface area contributed by atoms with Crippen molar-refractivity contribution in [2.45, 2.75) is 50.3 Å². The smallest absolute Gasteiger partial charge is 0.187 e. The molecule has 0 aromatic rings. The summed E-state index contributed by atoms with van der Waals surface area (Å²) in [6, 6.07) is 0. The van der Waals surface area contributed by atoms with Crippen molar-refractivity contribution in [2.75, 3.05) is 6.61 Å². The summed E-state index contributed by atoms with van der Waals surface area (Å²) in [7, 11) is -1.94. The lowest BCUT2D eigenvalue weighted by Gasteiger charge is -2.41. The van der Waals surface area contributed by atoms with Crippen LogP contribution in [0, 0.1) is 0 Å². The van der Waals surface area contributed by atoms with Crippen LogP contribution in [0.15, 0.2) is 0 Å². The largest absolute Gasteiger partial charge is 0.394 e. The molecule has 0 aromatic carbocycles. The van der Waals surface area contributed by atoms with Crippen LogP contribution in [0.4, 0.5) is 0 Å². The minimum absolute atomic E-state index is 0.434. The minimum atomic E-state index is -1.94. The molecule has 5 atom stereocenters. The van der Waals surface area contributed by atoms with Crippen molar-refractivity contribution >= 4 is 8.32 Å². The maximum absolute atomic E-state index is 9.67.